The Bertz CT molecular complexity index is 1570. The molecule has 0 unspecified atom stereocenters. The number of hydrogen-bond acceptors (Lipinski definition) is 7. The number of amides is 1. The maximum absolute atomic E-state index is 13.0. The van der Waals surface area contributed by atoms with Crippen molar-refractivity contribution in [3.63, 3.8) is 0 Å². The van der Waals surface area contributed by atoms with E-state index >= 15 is 0 Å². The predicted molar refractivity (Wildman–Crippen MR) is 132 cm³/mol. The summed E-state index contributed by atoms with van der Waals surface area (Å²) >= 11 is 1.07. The molecule has 9 nitrogen and oxygen atoms in total. The van der Waals surface area contributed by atoms with Crippen molar-refractivity contribution in [1.29, 1.82) is 0 Å². The first-order valence-electron chi connectivity index (χ1n) is 9.87. The molecule has 0 radical (unpaired) electrons. The topological polar surface area (TPSA) is 120 Å². The smallest absolute Gasteiger partial charge is 0.336 e. The van der Waals surface area contributed by atoms with E-state index < -0.39 is 21.1 Å². The van der Waals surface area contributed by atoms with Gasteiger partial charge >= 0.3 is 5.69 Å². The zero-order valence-electron chi connectivity index (χ0n) is 18.2. The lowest BCUT2D eigenvalue weighted by molar-refractivity contribution is 0.0954. The molecule has 1 amide bonds. The average Bonchev–Trinajstić information content (AvgIpc) is 3.25. The van der Waals surface area contributed by atoms with Gasteiger partial charge in [0.2, 0.25) is 0 Å². The maximum Gasteiger partial charge on any atom is 0.336 e. The number of carbonyl (C=O) groups is 1. The quantitative estimate of drug-likeness (QED) is 0.415. The SMILES string of the molecule is Cc1c(=O)n(Cc2ccc(S(C)(=O)=O)cc2)c(=O)n2cc(C(=O)NCc3ccncc3)sc12.Cl. The zero-order chi connectivity index (χ0) is 23.8. The molecule has 0 spiro atoms. The van der Waals surface area contributed by atoms with Crippen molar-refractivity contribution < 1.29 is 13.2 Å². The Hall–Kier alpha value is -3.28. The average molecular weight is 521 g/mol. The number of nitrogens with zero attached hydrogens (tertiary/aromatic N) is 3. The normalized spacial score (nSPS) is 11.2. The second-order valence-corrected chi connectivity index (χ2v) is 10.6. The first-order chi connectivity index (χ1) is 15.6. The van der Waals surface area contributed by atoms with E-state index in [4.69, 9.17) is 0 Å². The fraction of sp³-hybridized carbons (Fsp3) is 0.182. The van der Waals surface area contributed by atoms with Crippen molar-refractivity contribution in [1.82, 2.24) is 19.3 Å². The highest BCUT2D eigenvalue weighted by Gasteiger charge is 2.18. The third-order valence-corrected chi connectivity index (χ3v) is 7.45. The lowest BCUT2D eigenvalue weighted by Gasteiger charge is -2.08. The number of halogens is 1. The third-order valence-electron chi connectivity index (χ3n) is 5.11. The van der Waals surface area contributed by atoms with Crippen LogP contribution in [0.3, 0.4) is 0 Å². The van der Waals surface area contributed by atoms with E-state index in [2.05, 4.69) is 10.3 Å². The van der Waals surface area contributed by atoms with E-state index in [1.807, 2.05) is 0 Å². The van der Waals surface area contributed by atoms with Gasteiger partial charge in [-0.3, -0.25) is 23.5 Å². The van der Waals surface area contributed by atoms with Gasteiger partial charge in [-0.1, -0.05) is 12.1 Å². The van der Waals surface area contributed by atoms with Crippen LogP contribution < -0.4 is 16.6 Å². The lowest BCUT2D eigenvalue weighted by Crippen LogP contribution is -2.38. The van der Waals surface area contributed by atoms with Gasteiger partial charge in [0.1, 0.15) is 9.71 Å². The number of sulfone groups is 1. The summed E-state index contributed by atoms with van der Waals surface area (Å²) in [6.07, 6.45) is 5.80. The molecule has 0 aliphatic rings. The van der Waals surface area contributed by atoms with Crippen LogP contribution in [0.5, 0.6) is 0 Å². The fourth-order valence-corrected chi connectivity index (χ4v) is 4.94. The lowest BCUT2D eigenvalue weighted by atomic mass is 10.2. The molecule has 34 heavy (non-hydrogen) atoms. The van der Waals surface area contributed by atoms with Crippen LogP contribution >= 0.6 is 23.7 Å². The molecule has 1 N–H and O–H groups in total. The van der Waals surface area contributed by atoms with Gasteiger partial charge in [-0.25, -0.2) is 13.2 Å². The summed E-state index contributed by atoms with van der Waals surface area (Å²) in [5.41, 5.74) is 0.802. The second kappa shape index (κ2) is 9.92. The largest absolute Gasteiger partial charge is 0.347 e. The molecular formula is C22H21ClN4O5S2. The van der Waals surface area contributed by atoms with Crippen LogP contribution in [0.15, 0.2) is 69.5 Å². The van der Waals surface area contributed by atoms with Crippen LogP contribution in [-0.2, 0) is 22.9 Å². The Labute approximate surface area is 205 Å². The molecule has 3 heterocycles. The number of pyridine rings is 1. The molecule has 0 bridgehead atoms. The molecule has 4 rings (SSSR count). The van der Waals surface area contributed by atoms with Crippen LogP contribution in [0.2, 0.25) is 0 Å². The minimum absolute atomic E-state index is 0. The van der Waals surface area contributed by atoms with E-state index in [1.54, 1.807) is 43.6 Å². The standard InChI is InChI=1S/C22H20N4O5S2.ClH/c1-14-20(28)25(12-16-3-5-17(6-4-16)33(2,30)31)22(29)26-13-18(32-21(14)26)19(27)24-11-15-7-9-23-10-8-15;/h3-10,13H,11-12H2,1-2H3,(H,24,27);1H. The monoisotopic (exact) mass is 520 g/mol. The van der Waals surface area contributed by atoms with Crippen LogP contribution in [0, 0.1) is 6.92 Å². The first kappa shape index (κ1) is 25.3. The number of aryl methyl sites for hydroxylation is 1. The van der Waals surface area contributed by atoms with Crippen molar-refractivity contribution in [2.24, 2.45) is 0 Å². The van der Waals surface area contributed by atoms with E-state index in [0.717, 1.165) is 27.7 Å². The van der Waals surface area contributed by atoms with Gasteiger partial charge in [0.25, 0.3) is 11.5 Å². The van der Waals surface area contributed by atoms with Gasteiger partial charge in [0, 0.05) is 37.0 Å². The van der Waals surface area contributed by atoms with Crippen molar-refractivity contribution >= 4 is 44.3 Å². The molecule has 0 atom stereocenters. The zero-order valence-corrected chi connectivity index (χ0v) is 20.7. The number of thiazole rings is 1. The summed E-state index contributed by atoms with van der Waals surface area (Å²) in [6.45, 7) is 1.89. The van der Waals surface area contributed by atoms with Crippen molar-refractivity contribution in [2.45, 2.75) is 24.9 Å². The Balaban J connectivity index is 0.00000324. The number of aromatic nitrogens is 3. The molecule has 1 aromatic carbocycles. The van der Waals surface area contributed by atoms with Crippen LogP contribution in [0.25, 0.3) is 4.83 Å². The number of benzene rings is 1. The number of carbonyl (C=O) groups excluding carboxylic acids is 1. The Morgan fingerprint density at radius 1 is 1.06 bits per heavy atom. The maximum atomic E-state index is 13.0. The molecule has 4 aromatic rings. The molecule has 0 fully saturated rings. The molecule has 0 saturated heterocycles. The van der Waals surface area contributed by atoms with Crippen LogP contribution in [0.4, 0.5) is 0 Å². The highest BCUT2D eigenvalue weighted by molar-refractivity contribution is 7.90. The second-order valence-electron chi connectivity index (χ2n) is 7.52. The van der Waals surface area contributed by atoms with Crippen LogP contribution in [0.1, 0.15) is 26.4 Å². The summed E-state index contributed by atoms with van der Waals surface area (Å²) < 4.78 is 25.7. The van der Waals surface area contributed by atoms with E-state index in [9.17, 15) is 22.8 Å². The Morgan fingerprint density at radius 3 is 2.32 bits per heavy atom. The highest BCUT2D eigenvalue weighted by Crippen LogP contribution is 2.18. The van der Waals surface area contributed by atoms with E-state index in [0.29, 0.717) is 27.4 Å². The first-order valence-corrected chi connectivity index (χ1v) is 12.6. The Kier molecular flexibility index (Phi) is 7.39. The minimum atomic E-state index is -3.35. The van der Waals surface area contributed by atoms with Gasteiger partial charge < -0.3 is 5.32 Å². The Morgan fingerprint density at radius 2 is 1.71 bits per heavy atom. The summed E-state index contributed by atoms with van der Waals surface area (Å²) in [5, 5.41) is 2.80. The third kappa shape index (κ3) is 5.11. The van der Waals surface area contributed by atoms with Crippen molar-refractivity contribution in [3.8, 4) is 0 Å². The highest BCUT2D eigenvalue weighted by atomic mass is 35.5. The summed E-state index contributed by atoms with van der Waals surface area (Å²) in [6, 6.07) is 9.59. The molecule has 0 aliphatic heterocycles. The summed E-state index contributed by atoms with van der Waals surface area (Å²) in [7, 11) is -3.35. The van der Waals surface area contributed by atoms with Crippen LogP contribution in [-0.4, -0.2) is 34.5 Å². The molecule has 0 aliphatic carbocycles. The van der Waals surface area contributed by atoms with Gasteiger partial charge in [0.05, 0.1) is 11.4 Å². The van der Waals surface area contributed by atoms with Gasteiger partial charge in [0.15, 0.2) is 9.84 Å². The number of nitrogens with one attached hydrogen (secondary N) is 1. The summed E-state index contributed by atoms with van der Waals surface area (Å²) in [5.74, 6) is -0.352. The van der Waals surface area contributed by atoms with E-state index in [1.165, 1.54) is 22.7 Å². The van der Waals surface area contributed by atoms with Gasteiger partial charge in [-0.05, 0) is 42.3 Å². The number of hydrogen-bond donors (Lipinski definition) is 1. The van der Waals surface area contributed by atoms with Crippen molar-refractivity contribution in [2.75, 3.05) is 6.26 Å². The molecular weight excluding hydrogens is 500 g/mol. The predicted octanol–water partition coefficient (Wildman–Crippen LogP) is 2.03. The number of fused-ring (bicyclic) bond motifs is 1. The molecule has 12 heteroatoms. The van der Waals surface area contributed by atoms with E-state index in [-0.39, 0.29) is 29.8 Å². The molecule has 178 valence electrons. The number of rotatable bonds is 6. The van der Waals surface area contributed by atoms with Crippen molar-refractivity contribution in [3.05, 3.63) is 97.4 Å². The van der Waals surface area contributed by atoms with Gasteiger partial charge in [-0.2, -0.15) is 0 Å². The minimum Gasteiger partial charge on any atom is -0.347 e. The van der Waals surface area contributed by atoms with Gasteiger partial charge in [-0.15, -0.1) is 23.7 Å². The molecule has 0 saturated carbocycles. The molecule has 3 aromatic heterocycles. The summed E-state index contributed by atoms with van der Waals surface area (Å²) in [4.78, 5) is 43.3. The fourth-order valence-electron chi connectivity index (χ4n) is 3.30.